The number of aryl methyl sites for hydroxylation is 1. The molecule has 0 saturated heterocycles. The van der Waals surface area contributed by atoms with E-state index in [1.165, 1.54) is 6.21 Å². The van der Waals surface area contributed by atoms with E-state index < -0.39 is 11.8 Å². The molecule has 3 rings (SSSR count). The van der Waals surface area contributed by atoms with Crippen molar-refractivity contribution in [3.63, 3.8) is 0 Å². The zero-order valence-corrected chi connectivity index (χ0v) is 19.0. The van der Waals surface area contributed by atoms with Gasteiger partial charge in [-0.3, -0.25) is 9.59 Å². The fraction of sp³-hybridized carbons (Fsp3) is 0.192. The van der Waals surface area contributed by atoms with E-state index in [9.17, 15) is 9.59 Å². The van der Waals surface area contributed by atoms with Crippen molar-refractivity contribution in [3.05, 3.63) is 89.5 Å². The van der Waals surface area contributed by atoms with E-state index in [2.05, 4.69) is 21.2 Å². The van der Waals surface area contributed by atoms with Crippen molar-refractivity contribution >= 4 is 29.4 Å². The van der Waals surface area contributed by atoms with Gasteiger partial charge in [0.05, 0.1) is 19.0 Å². The highest BCUT2D eigenvalue weighted by Crippen LogP contribution is 2.31. The number of nitrogens with one attached hydrogen (secondary N) is 3. The minimum absolute atomic E-state index is 0.0818. The summed E-state index contributed by atoms with van der Waals surface area (Å²) in [7, 11) is 1.59. The van der Waals surface area contributed by atoms with Crippen LogP contribution in [0.15, 0.2) is 77.9 Å². The van der Waals surface area contributed by atoms with Gasteiger partial charge in [-0.05, 0) is 36.1 Å². The van der Waals surface area contributed by atoms with Gasteiger partial charge in [-0.25, -0.2) is 5.43 Å². The summed E-state index contributed by atoms with van der Waals surface area (Å²) in [5.41, 5.74) is 6.76. The molecule has 0 bridgehead atoms. The van der Waals surface area contributed by atoms with Crippen molar-refractivity contribution in [2.75, 3.05) is 19.0 Å². The van der Waals surface area contributed by atoms with Crippen molar-refractivity contribution in [2.45, 2.75) is 19.8 Å². The number of amides is 2. The number of carbonyl (C=O) groups is 2. The van der Waals surface area contributed by atoms with Crippen LogP contribution < -0.4 is 20.8 Å². The number of methoxy groups -OCH3 is 1. The molecule has 3 aromatic carbocycles. The number of benzene rings is 3. The molecule has 0 saturated carbocycles. The maximum absolute atomic E-state index is 12.1. The molecule has 0 radical (unpaired) electrons. The van der Waals surface area contributed by atoms with Crippen LogP contribution in [0.3, 0.4) is 0 Å². The molecule has 0 fully saturated rings. The number of carbonyl (C=O) groups excluding carboxylic acids is 2. The van der Waals surface area contributed by atoms with Crippen molar-refractivity contribution < 1.29 is 14.3 Å². The number of hydrazone groups is 1. The normalized spacial score (nSPS) is 11.6. The van der Waals surface area contributed by atoms with Crippen LogP contribution in [0.1, 0.15) is 29.5 Å². The van der Waals surface area contributed by atoms with Gasteiger partial charge in [0.25, 0.3) is 0 Å². The number of hydrogen-bond acceptors (Lipinski definition) is 5. The number of para-hydroxylation sites is 2. The summed E-state index contributed by atoms with van der Waals surface area (Å²) in [6.45, 7) is 4.33. The first-order chi connectivity index (χ1) is 16.0. The summed E-state index contributed by atoms with van der Waals surface area (Å²) in [6.07, 6.45) is 1.47. The van der Waals surface area contributed by atoms with Crippen molar-refractivity contribution in [1.29, 1.82) is 0 Å². The Morgan fingerprint density at radius 1 is 0.970 bits per heavy atom. The smallest absolute Gasteiger partial charge is 0.329 e. The molecule has 0 aliphatic carbocycles. The lowest BCUT2D eigenvalue weighted by Gasteiger charge is -2.15. The monoisotopic (exact) mass is 444 g/mol. The number of ether oxygens (including phenoxy) is 1. The second-order valence-electron chi connectivity index (χ2n) is 7.59. The first kappa shape index (κ1) is 23.5. The Morgan fingerprint density at radius 3 is 2.42 bits per heavy atom. The lowest BCUT2D eigenvalue weighted by atomic mass is 10.0. The van der Waals surface area contributed by atoms with E-state index in [4.69, 9.17) is 4.74 Å². The van der Waals surface area contributed by atoms with Crippen LogP contribution in [0.4, 0.5) is 11.4 Å². The summed E-state index contributed by atoms with van der Waals surface area (Å²) in [6, 6.07) is 23.1. The number of anilines is 2. The molecular weight excluding hydrogens is 416 g/mol. The second kappa shape index (κ2) is 11.5. The average Bonchev–Trinajstić information content (AvgIpc) is 2.84. The molecule has 7 nitrogen and oxygen atoms in total. The molecule has 0 unspecified atom stereocenters. The molecule has 0 spiro atoms. The maximum atomic E-state index is 12.1. The number of nitrogens with zero attached hydrogens (tertiary/aromatic N) is 1. The highest BCUT2D eigenvalue weighted by molar-refractivity contribution is 6.35. The topological polar surface area (TPSA) is 91.8 Å². The Labute approximate surface area is 193 Å². The third kappa shape index (κ3) is 6.43. The van der Waals surface area contributed by atoms with Gasteiger partial charge in [0, 0.05) is 17.8 Å². The molecule has 0 aromatic heterocycles. The van der Waals surface area contributed by atoms with Gasteiger partial charge >= 0.3 is 11.8 Å². The predicted molar refractivity (Wildman–Crippen MR) is 131 cm³/mol. The standard InChI is InChI=1S/C26H28N4O3/c1-18-10-7-8-14-22(18)29-24-21(13-9-15-23(24)33-3)17-28-30-26(32)25(31)27-16-19(2)20-11-5-4-6-12-20/h4-15,17,19,29H,16H2,1-3H3,(H,27,31)(H,30,32)/b28-17-/t19-/m1/s1. The van der Waals surface area contributed by atoms with E-state index in [1.54, 1.807) is 7.11 Å². The first-order valence-corrected chi connectivity index (χ1v) is 10.7. The summed E-state index contributed by atoms with van der Waals surface area (Å²) in [5, 5.41) is 9.97. The highest BCUT2D eigenvalue weighted by atomic mass is 16.5. The lowest BCUT2D eigenvalue weighted by Crippen LogP contribution is -2.39. The van der Waals surface area contributed by atoms with E-state index in [0.717, 1.165) is 16.8 Å². The minimum Gasteiger partial charge on any atom is -0.495 e. The largest absolute Gasteiger partial charge is 0.495 e. The van der Waals surface area contributed by atoms with Crippen LogP contribution in [0, 0.1) is 6.92 Å². The lowest BCUT2D eigenvalue weighted by molar-refractivity contribution is -0.139. The fourth-order valence-corrected chi connectivity index (χ4v) is 3.24. The maximum Gasteiger partial charge on any atom is 0.329 e. The van der Waals surface area contributed by atoms with Gasteiger partial charge in [-0.2, -0.15) is 5.10 Å². The van der Waals surface area contributed by atoms with Gasteiger partial charge in [-0.1, -0.05) is 67.6 Å². The molecule has 3 aromatic rings. The van der Waals surface area contributed by atoms with E-state index in [-0.39, 0.29) is 5.92 Å². The zero-order valence-electron chi connectivity index (χ0n) is 19.0. The average molecular weight is 445 g/mol. The van der Waals surface area contributed by atoms with Crippen LogP contribution in [-0.2, 0) is 9.59 Å². The summed E-state index contributed by atoms with van der Waals surface area (Å²) in [5.74, 6) is -0.860. The molecule has 1 atom stereocenters. The molecule has 0 heterocycles. The second-order valence-corrected chi connectivity index (χ2v) is 7.59. The molecule has 170 valence electrons. The van der Waals surface area contributed by atoms with E-state index in [1.807, 2.05) is 86.6 Å². The Kier molecular flexibility index (Phi) is 8.18. The van der Waals surface area contributed by atoms with Crippen LogP contribution in [0.2, 0.25) is 0 Å². The third-order valence-electron chi connectivity index (χ3n) is 5.20. The summed E-state index contributed by atoms with van der Waals surface area (Å²) < 4.78 is 5.48. The summed E-state index contributed by atoms with van der Waals surface area (Å²) in [4.78, 5) is 24.3. The number of hydrogen-bond donors (Lipinski definition) is 3. The fourth-order valence-electron chi connectivity index (χ4n) is 3.24. The first-order valence-electron chi connectivity index (χ1n) is 10.7. The van der Waals surface area contributed by atoms with Crippen molar-refractivity contribution in [2.24, 2.45) is 5.10 Å². The molecule has 33 heavy (non-hydrogen) atoms. The SMILES string of the molecule is COc1cccc(/C=N\NC(=O)C(=O)NC[C@@H](C)c2ccccc2)c1Nc1ccccc1C. The van der Waals surface area contributed by atoms with Crippen molar-refractivity contribution in [1.82, 2.24) is 10.7 Å². The Balaban J connectivity index is 1.63. The van der Waals surface area contributed by atoms with Crippen LogP contribution in [-0.4, -0.2) is 31.7 Å². The van der Waals surface area contributed by atoms with E-state index in [0.29, 0.717) is 23.5 Å². The predicted octanol–water partition coefficient (Wildman–Crippen LogP) is 4.12. The van der Waals surface area contributed by atoms with Gasteiger partial charge < -0.3 is 15.4 Å². The van der Waals surface area contributed by atoms with Crippen LogP contribution in [0.5, 0.6) is 5.75 Å². The van der Waals surface area contributed by atoms with Crippen molar-refractivity contribution in [3.8, 4) is 5.75 Å². The Hall–Kier alpha value is -4.13. The summed E-state index contributed by atoms with van der Waals surface area (Å²) >= 11 is 0. The van der Waals surface area contributed by atoms with E-state index >= 15 is 0 Å². The number of rotatable bonds is 8. The van der Waals surface area contributed by atoms with Gasteiger partial charge in [0.15, 0.2) is 0 Å². The van der Waals surface area contributed by atoms with Gasteiger partial charge in [0.1, 0.15) is 5.75 Å². The molecule has 2 amide bonds. The quantitative estimate of drug-likeness (QED) is 0.277. The Morgan fingerprint density at radius 2 is 1.70 bits per heavy atom. The molecule has 0 aliphatic heterocycles. The third-order valence-corrected chi connectivity index (χ3v) is 5.20. The van der Waals surface area contributed by atoms with Crippen LogP contribution >= 0.6 is 0 Å². The highest BCUT2D eigenvalue weighted by Gasteiger charge is 2.15. The Bertz CT molecular complexity index is 1130. The minimum atomic E-state index is -0.831. The zero-order chi connectivity index (χ0) is 23.6. The van der Waals surface area contributed by atoms with Crippen LogP contribution in [0.25, 0.3) is 0 Å². The molecule has 0 aliphatic rings. The molecule has 7 heteroatoms. The molecular formula is C26H28N4O3. The van der Waals surface area contributed by atoms with Gasteiger partial charge in [-0.15, -0.1) is 0 Å². The van der Waals surface area contributed by atoms with Gasteiger partial charge in [0.2, 0.25) is 0 Å². The molecule has 3 N–H and O–H groups in total.